The Morgan fingerprint density at radius 1 is 1.12 bits per heavy atom. The van der Waals surface area contributed by atoms with Gasteiger partial charge in [0.2, 0.25) is 0 Å². The maximum absolute atomic E-state index is 12.8. The Morgan fingerprint density at radius 3 is 2.41 bits per heavy atom. The minimum absolute atomic E-state index is 0.299. The van der Waals surface area contributed by atoms with Crippen LogP contribution in [-0.4, -0.2) is 5.11 Å². The SMILES string of the molecule is Cc1ccc(Br)cc1C(O)c1ccc(F)cc1. The van der Waals surface area contributed by atoms with Crippen LogP contribution in [0.3, 0.4) is 0 Å². The summed E-state index contributed by atoms with van der Waals surface area (Å²) in [6.07, 6.45) is -0.729. The fraction of sp³-hybridized carbons (Fsp3) is 0.143. The van der Waals surface area contributed by atoms with Gasteiger partial charge in [0.15, 0.2) is 0 Å². The predicted molar refractivity (Wildman–Crippen MR) is 69.3 cm³/mol. The number of hydrogen-bond donors (Lipinski definition) is 1. The quantitative estimate of drug-likeness (QED) is 0.888. The average molecular weight is 295 g/mol. The molecule has 0 aliphatic rings. The summed E-state index contributed by atoms with van der Waals surface area (Å²) >= 11 is 3.38. The number of rotatable bonds is 2. The van der Waals surface area contributed by atoms with Crippen LogP contribution in [-0.2, 0) is 0 Å². The lowest BCUT2D eigenvalue weighted by Gasteiger charge is -2.14. The molecule has 0 spiro atoms. The summed E-state index contributed by atoms with van der Waals surface area (Å²) in [6.45, 7) is 1.94. The van der Waals surface area contributed by atoms with Crippen molar-refractivity contribution >= 4 is 15.9 Å². The van der Waals surface area contributed by atoms with E-state index >= 15 is 0 Å². The number of aliphatic hydroxyl groups is 1. The molecule has 2 aromatic rings. The summed E-state index contributed by atoms with van der Waals surface area (Å²) in [5.41, 5.74) is 2.52. The molecule has 88 valence electrons. The fourth-order valence-corrected chi connectivity index (χ4v) is 2.11. The van der Waals surface area contributed by atoms with E-state index in [4.69, 9.17) is 0 Å². The van der Waals surface area contributed by atoms with Gasteiger partial charge in [-0.1, -0.05) is 34.1 Å². The van der Waals surface area contributed by atoms with Crippen LogP contribution in [0.5, 0.6) is 0 Å². The second-order valence-corrected chi connectivity index (χ2v) is 4.87. The Morgan fingerprint density at radius 2 is 1.76 bits per heavy atom. The molecule has 0 radical (unpaired) electrons. The van der Waals surface area contributed by atoms with Crippen LogP contribution < -0.4 is 0 Å². The molecular weight excluding hydrogens is 283 g/mol. The molecule has 1 atom stereocenters. The highest BCUT2D eigenvalue weighted by molar-refractivity contribution is 9.10. The standard InChI is InChI=1S/C14H12BrFO/c1-9-2-5-11(15)8-13(9)14(17)10-3-6-12(16)7-4-10/h2-8,14,17H,1H3. The van der Waals surface area contributed by atoms with Gasteiger partial charge in [-0.15, -0.1) is 0 Å². The van der Waals surface area contributed by atoms with Gasteiger partial charge in [0.25, 0.3) is 0 Å². The van der Waals surface area contributed by atoms with Crippen LogP contribution >= 0.6 is 15.9 Å². The van der Waals surface area contributed by atoms with E-state index in [0.29, 0.717) is 5.56 Å². The molecule has 0 fully saturated rings. The smallest absolute Gasteiger partial charge is 0.123 e. The highest BCUT2D eigenvalue weighted by atomic mass is 79.9. The van der Waals surface area contributed by atoms with Crippen molar-refractivity contribution in [1.82, 2.24) is 0 Å². The van der Waals surface area contributed by atoms with Crippen molar-refractivity contribution in [1.29, 1.82) is 0 Å². The second-order valence-electron chi connectivity index (χ2n) is 3.95. The lowest BCUT2D eigenvalue weighted by atomic mass is 9.98. The third kappa shape index (κ3) is 2.73. The Kier molecular flexibility index (Phi) is 3.60. The molecule has 3 heteroatoms. The third-order valence-corrected chi connectivity index (χ3v) is 3.21. The van der Waals surface area contributed by atoms with Gasteiger partial charge >= 0.3 is 0 Å². The number of halogens is 2. The second kappa shape index (κ2) is 4.98. The molecule has 1 nitrogen and oxygen atoms in total. The van der Waals surface area contributed by atoms with E-state index in [9.17, 15) is 9.50 Å². The Bertz CT molecular complexity index is 522. The molecule has 0 heterocycles. The molecule has 17 heavy (non-hydrogen) atoms. The molecule has 2 rings (SSSR count). The molecule has 0 saturated carbocycles. The number of hydrogen-bond acceptors (Lipinski definition) is 1. The highest BCUT2D eigenvalue weighted by Gasteiger charge is 2.13. The Balaban J connectivity index is 2.39. The van der Waals surface area contributed by atoms with E-state index in [-0.39, 0.29) is 5.82 Å². The molecule has 1 N–H and O–H groups in total. The van der Waals surface area contributed by atoms with Crippen LogP contribution in [0, 0.1) is 12.7 Å². The van der Waals surface area contributed by atoms with Crippen LogP contribution in [0.4, 0.5) is 4.39 Å². The maximum Gasteiger partial charge on any atom is 0.123 e. The summed E-state index contributed by atoms with van der Waals surface area (Å²) < 4.78 is 13.7. The molecular formula is C14H12BrFO. The van der Waals surface area contributed by atoms with Crippen molar-refractivity contribution in [3.63, 3.8) is 0 Å². The minimum Gasteiger partial charge on any atom is -0.384 e. The summed E-state index contributed by atoms with van der Waals surface area (Å²) in [5.74, 6) is -0.299. The highest BCUT2D eigenvalue weighted by Crippen LogP contribution is 2.27. The zero-order valence-electron chi connectivity index (χ0n) is 9.32. The van der Waals surface area contributed by atoms with E-state index in [1.807, 2.05) is 25.1 Å². The minimum atomic E-state index is -0.729. The van der Waals surface area contributed by atoms with Crippen molar-refractivity contribution in [2.24, 2.45) is 0 Å². The van der Waals surface area contributed by atoms with Crippen LogP contribution in [0.25, 0.3) is 0 Å². The fourth-order valence-electron chi connectivity index (χ4n) is 1.73. The summed E-state index contributed by atoms with van der Waals surface area (Å²) in [5, 5.41) is 10.2. The van der Waals surface area contributed by atoms with Gasteiger partial charge in [0, 0.05) is 4.47 Å². The maximum atomic E-state index is 12.8. The van der Waals surface area contributed by atoms with Crippen LogP contribution in [0.1, 0.15) is 22.8 Å². The van der Waals surface area contributed by atoms with Gasteiger partial charge in [-0.25, -0.2) is 4.39 Å². The van der Waals surface area contributed by atoms with E-state index in [0.717, 1.165) is 15.6 Å². The number of aliphatic hydroxyl groups excluding tert-OH is 1. The van der Waals surface area contributed by atoms with E-state index in [1.54, 1.807) is 12.1 Å². The summed E-state index contributed by atoms with van der Waals surface area (Å²) in [4.78, 5) is 0. The monoisotopic (exact) mass is 294 g/mol. The van der Waals surface area contributed by atoms with Gasteiger partial charge < -0.3 is 5.11 Å². The zero-order chi connectivity index (χ0) is 12.4. The lowest BCUT2D eigenvalue weighted by Crippen LogP contribution is -2.02. The first-order chi connectivity index (χ1) is 8.08. The van der Waals surface area contributed by atoms with Gasteiger partial charge in [-0.2, -0.15) is 0 Å². The molecule has 0 saturated heterocycles. The number of aryl methyl sites for hydroxylation is 1. The molecule has 0 aromatic heterocycles. The molecule has 2 aromatic carbocycles. The Labute approximate surface area is 108 Å². The Hall–Kier alpha value is -1.19. The summed E-state index contributed by atoms with van der Waals surface area (Å²) in [6, 6.07) is 11.6. The molecule has 0 aliphatic carbocycles. The van der Waals surface area contributed by atoms with Gasteiger partial charge in [0.1, 0.15) is 11.9 Å². The first-order valence-corrected chi connectivity index (χ1v) is 6.07. The number of benzene rings is 2. The van der Waals surface area contributed by atoms with Gasteiger partial charge in [0.05, 0.1) is 0 Å². The van der Waals surface area contributed by atoms with Crippen molar-refractivity contribution in [2.45, 2.75) is 13.0 Å². The summed E-state index contributed by atoms with van der Waals surface area (Å²) in [7, 11) is 0. The zero-order valence-corrected chi connectivity index (χ0v) is 10.9. The molecule has 0 amide bonds. The van der Waals surface area contributed by atoms with Crippen molar-refractivity contribution in [3.8, 4) is 0 Å². The largest absolute Gasteiger partial charge is 0.384 e. The molecule has 0 aliphatic heterocycles. The molecule has 0 bridgehead atoms. The van der Waals surface area contributed by atoms with E-state index < -0.39 is 6.10 Å². The van der Waals surface area contributed by atoms with Crippen molar-refractivity contribution in [3.05, 3.63) is 69.4 Å². The first-order valence-electron chi connectivity index (χ1n) is 5.27. The van der Waals surface area contributed by atoms with Crippen LogP contribution in [0.2, 0.25) is 0 Å². The third-order valence-electron chi connectivity index (χ3n) is 2.72. The van der Waals surface area contributed by atoms with Gasteiger partial charge in [-0.05, 0) is 47.9 Å². The van der Waals surface area contributed by atoms with Gasteiger partial charge in [-0.3, -0.25) is 0 Å². The lowest BCUT2D eigenvalue weighted by molar-refractivity contribution is 0.219. The predicted octanol–water partition coefficient (Wildman–Crippen LogP) is 3.98. The molecule has 1 unspecified atom stereocenters. The van der Waals surface area contributed by atoms with E-state index in [2.05, 4.69) is 15.9 Å². The topological polar surface area (TPSA) is 20.2 Å². The van der Waals surface area contributed by atoms with Crippen LogP contribution in [0.15, 0.2) is 46.9 Å². The van der Waals surface area contributed by atoms with Crippen molar-refractivity contribution < 1.29 is 9.50 Å². The van der Waals surface area contributed by atoms with Crippen molar-refractivity contribution in [2.75, 3.05) is 0 Å². The van der Waals surface area contributed by atoms with E-state index in [1.165, 1.54) is 12.1 Å². The normalized spacial score (nSPS) is 12.5. The average Bonchev–Trinajstić information content (AvgIpc) is 2.32. The first kappa shape index (κ1) is 12.3.